The molecule has 0 unspecified atom stereocenters. The van der Waals surface area contributed by atoms with Gasteiger partial charge in [-0.25, -0.2) is 0 Å². The molecule has 9 heavy (non-hydrogen) atoms. The van der Waals surface area contributed by atoms with Crippen LogP contribution in [-0.2, 0) is 9.59 Å². The molecular weight excluding hydrogens is 256 g/mol. The van der Waals surface area contributed by atoms with E-state index in [1.54, 1.807) is 0 Å². The fourth-order valence-electron chi connectivity index (χ4n) is 0. The maximum Gasteiger partial charge on any atom is 0.300 e. The van der Waals surface area contributed by atoms with Gasteiger partial charge in [-0.05, 0) is 15.9 Å². The third kappa shape index (κ3) is 68.3. The number of hydrogen-bond donors (Lipinski definition) is 1. The summed E-state index contributed by atoms with van der Waals surface area (Å²) in [5.74, 6) is -1.50. The van der Waals surface area contributed by atoms with Crippen LogP contribution >= 0.6 is 31.9 Å². The number of carbonyl (C=O) groups is 2. The highest BCUT2D eigenvalue weighted by atomic mass is 79.9. The summed E-state index contributed by atoms with van der Waals surface area (Å²) < 4.78 is 37.1. The van der Waals surface area contributed by atoms with Crippen molar-refractivity contribution in [3.05, 3.63) is 0 Å². The second-order valence-electron chi connectivity index (χ2n) is 0.656. The summed E-state index contributed by atoms with van der Waals surface area (Å²) >= 11 is 4.91. The van der Waals surface area contributed by atoms with Gasteiger partial charge in [0.25, 0.3) is 7.40 Å². The van der Waals surface area contributed by atoms with Crippen LogP contribution in [0.3, 0.4) is 0 Å². The SMILES string of the molecule is [2H]C([2H])(Br)C(=O)Br.[2H]OC(=O)C([2H])([2H])[2H]. The van der Waals surface area contributed by atoms with Gasteiger partial charge in [0.05, 0.1) is 5.28 Å². The van der Waals surface area contributed by atoms with E-state index in [9.17, 15) is 9.59 Å². The van der Waals surface area contributed by atoms with Crippen molar-refractivity contribution in [1.82, 2.24) is 0 Å². The molecule has 0 aromatic rings. The Kier molecular flexibility index (Phi) is 3.13. The summed E-state index contributed by atoms with van der Waals surface area (Å²) in [4.78, 5) is 19.8. The summed E-state index contributed by atoms with van der Waals surface area (Å²) in [6, 6.07) is 0. The Morgan fingerprint density at radius 3 is 2.44 bits per heavy atom. The Hall–Kier alpha value is 0.1000. The van der Waals surface area contributed by atoms with Crippen LogP contribution in [0.15, 0.2) is 0 Å². The van der Waals surface area contributed by atoms with E-state index in [1.807, 2.05) is 0 Å². The standard InChI is InChI=1S/C2H2Br2O.C2H4O2/c3-1-2(4)5;1-2(3)4/h1H2;1H3,(H,3,4)/i1D2;1D3/hD. The van der Waals surface area contributed by atoms with Crippen LogP contribution < -0.4 is 0 Å². The zero-order valence-electron chi connectivity index (χ0n) is 9.98. The van der Waals surface area contributed by atoms with Crippen molar-refractivity contribution in [2.75, 3.05) is 5.28 Å². The van der Waals surface area contributed by atoms with E-state index in [0.717, 1.165) is 0 Å². The van der Waals surface area contributed by atoms with Gasteiger partial charge < -0.3 is 5.11 Å². The largest absolute Gasteiger partial charge is 0.481 e. The monoisotopic (exact) mass is 266 g/mol. The van der Waals surface area contributed by atoms with Crippen molar-refractivity contribution in [2.45, 2.75) is 6.85 Å². The molecule has 0 atom stereocenters. The Bertz CT molecular complexity index is 234. The van der Waals surface area contributed by atoms with E-state index in [2.05, 4.69) is 37.0 Å². The topological polar surface area (TPSA) is 54.4 Å². The third-order valence-corrected chi connectivity index (χ3v) is 1.16. The fourth-order valence-corrected chi connectivity index (χ4v) is 0. The van der Waals surface area contributed by atoms with Crippen LogP contribution in [0.4, 0.5) is 0 Å². The molecule has 0 aromatic carbocycles. The van der Waals surface area contributed by atoms with E-state index >= 15 is 0 Å². The molecule has 0 aliphatic rings. The minimum Gasteiger partial charge on any atom is -0.481 e. The van der Waals surface area contributed by atoms with Crippen molar-refractivity contribution in [3.8, 4) is 0 Å². The molecule has 54 valence electrons. The number of aliphatic carboxylic acids is 1. The van der Waals surface area contributed by atoms with Gasteiger partial charge in [0.1, 0.15) is 0 Å². The second kappa shape index (κ2) is 8.10. The molecule has 0 heterocycles. The summed E-state index contributed by atoms with van der Waals surface area (Å²) in [6.45, 7) is -2.79. The number of rotatable bonds is 1. The van der Waals surface area contributed by atoms with Gasteiger partial charge in [0.2, 0.25) is 4.69 Å². The van der Waals surface area contributed by atoms with E-state index in [0.29, 0.717) is 0 Å². The first-order chi connectivity index (χ1) is 6.42. The predicted octanol–water partition coefficient (Wildman–Crippen LogP) is 1.39. The lowest BCUT2D eigenvalue weighted by atomic mass is 10.9. The van der Waals surface area contributed by atoms with Crippen LogP contribution in [-0.4, -0.2) is 21.1 Å². The van der Waals surface area contributed by atoms with Crippen molar-refractivity contribution < 1.29 is 21.6 Å². The first kappa shape index (κ1) is 3.48. The molecule has 0 amide bonds. The Morgan fingerprint density at radius 2 is 2.44 bits per heavy atom. The molecule has 0 saturated heterocycles. The predicted molar refractivity (Wildman–Crippen MR) is 41.0 cm³/mol. The van der Waals surface area contributed by atoms with Crippen molar-refractivity contribution in [3.63, 3.8) is 0 Å². The fraction of sp³-hybridized carbons (Fsp3) is 0.500. The van der Waals surface area contributed by atoms with Crippen LogP contribution in [0, 0.1) is 0 Å². The summed E-state index contributed by atoms with van der Waals surface area (Å²) in [7, 11) is 0. The Balaban J connectivity index is 0. The van der Waals surface area contributed by atoms with Crippen molar-refractivity contribution in [2.24, 2.45) is 0 Å². The van der Waals surface area contributed by atoms with E-state index in [4.69, 9.17) is 8.28 Å². The van der Waals surface area contributed by atoms with Gasteiger partial charge in [-0.1, -0.05) is 15.9 Å². The van der Waals surface area contributed by atoms with Crippen LogP contribution in [0.1, 0.15) is 13.7 Å². The first-order valence-electron chi connectivity index (χ1n) is 4.40. The molecule has 0 radical (unpaired) electrons. The Morgan fingerprint density at radius 1 is 2.00 bits per heavy atom. The summed E-state index contributed by atoms with van der Waals surface area (Å²) in [5.41, 5.74) is 0. The second-order valence-corrected chi connectivity index (χ2v) is 1.77. The molecule has 3 nitrogen and oxygen atoms in total. The quantitative estimate of drug-likeness (QED) is 0.577. The van der Waals surface area contributed by atoms with Gasteiger partial charge in [-0.3, -0.25) is 9.59 Å². The van der Waals surface area contributed by atoms with E-state index < -0.39 is 22.8 Å². The van der Waals surface area contributed by atoms with Crippen LogP contribution in [0.5, 0.6) is 0 Å². The van der Waals surface area contributed by atoms with E-state index in [1.165, 1.54) is 0 Å². The third-order valence-electron chi connectivity index (χ3n) is 0.0743. The molecule has 1 N–H and O–H groups in total. The molecule has 0 rings (SSSR count). The normalized spacial score (nSPS) is 19.3. The van der Waals surface area contributed by atoms with E-state index in [-0.39, 0.29) is 0 Å². The maximum atomic E-state index is 9.96. The van der Waals surface area contributed by atoms with Gasteiger partial charge in [0.15, 0.2) is 0 Å². The molecule has 0 aliphatic carbocycles. The molecule has 5 heteroatoms. The van der Waals surface area contributed by atoms with Gasteiger partial charge >= 0.3 is 0 Å². The summed E-state index contributed by atoms with van der Waals surface area (Å²) in [5, 5.41) is 1.25. The Labute approximate surface area is 78.2 Å². The highest BCUT2D eigenvalue weighted by Crippen LogP contribution is 1.87. The number of halogens is 2. The smallest absolute Gasteiger partial charge is 0.300 e. The van der Waals surface area contributed by atoms with Crippen molar-refractivity contribution >= 4 is 42.5 Å². The molecule has 0 aliphatic heterocycles. The number of hydrogen-bond acceptors (Lipinski definition) is 3. The molecule has 0 fully saturated rings. The first-order valence-corrected chi connectivity index (χ1v) is 3.08. The molecule has 0 bridgehead atoms. The highest BCUT2D eigenvalue weighted by molar-refractivity contribution is 9.19. The molecule has 0 saturated carbocycles. The number of alkyl halides is 1. The average Bonchev–Trinajstić information content (AvgIpc) is 2.00. The highest BCUT2D eigenvalue weighted by Gasteiger charge is 1.82. The molecule has 0 aromatic heterocycles. The van der Waals surface area contributed by atoms with Gasteiger partial charge in [-0.2, -0.15) is 0 Å². The molecule has 0 spiro atoms. The zero-order chi connectivity index (χ0) is 12.9. The lowest BCUT2D eigenvalue weighted by Crippen LogP contribution is -1.79. The lowest BCUT2D eigenvalue weighted by Gasteiger charge is -1.66. The number of carbonyl (C=O) groups excluding carboxylic acids is 1. The van der Waals surface area contributed by atoms with Crippen LogP contribution in [0.25, 0.3) is 1.43 Å². The van der Waals surface area contributed by atoms with Gasteiger partial charge in [-0.15, -0.1) is 0 Å². The minimum atomic E-state index is -2.79. The van der Waals surface area contributed by atoms with Gasteiger partial charge in [0, 0.05) is 13.7 Å². The van der Waals surface area contributed by atoms with Crippen LogP contribution in [0.2, 0.25) is 0 Å². The lowest BCUT2D eigenvalue weighted by molar-refractivity contribution is -0.134. The molecular formula is C4H6Br2O3. The van der Waals surface area contributed by atoms with Crippen molar-refractivity contribution in [1.29, 1.82) is 1.43 Å². The number of carboxylic acid groups (broad SMARTS) is 1. The number of carboxylic acids is 1. The summed E-state index contributed by atoms with van der Waals surface area (Å²) in [6.07, 6.45) is 0. The zero-order valence-corrected chi connectivity index (χ0v) is 7.15. The maximum absolute atomic E-state index is 9.96. The average molecular weight is 268 g/mol. The minimum absolute atomic E-state index is 0.694.